The number of hydrogen-bond acceptors (Lipinski definition) is 4. The molecule has 0 saturated carbocycles. The molecule has 0 spiro atoms. The highest BCUT2D eigenvalue weighted by Gasteiger charge is 2.18. The molecule has 0 aliphatic heterocycles. The van der Waals surface area contributed by atoms with Crippen molar-refractivity contribution in [3.05, 3.63) is 17.7 Å². The maximum absolute atomic E-state index is 11.5. The van der Waals surface area contributed by atoms with Gasteiger partial charge in [-0.05, 0) is 6.42 Å². The van der Waals surface area contributed by atoms with E-state index in [2.05, 4.69) is 15.3 Å². The summed E-state index contributed by atoms with van der Waals surface area (Å²) in [5, 5.41) is 11.3. The Hall–Kier alpha value is -1.70. The number of nitrogens with one attached hydrogen (secondary N) is 2. The summed E-state index contributed by atoms with van der Waals surface area (Å²) in [5.74, 6) is -1.29. The first-order valence-electron chi connectivity index (χ1n) is 4.87. The van der Waals surface area contributed by atoms with E-state index in [4.69, 9.17) is 5.11 Å². The van der Waals surface area contributed by atoms with Crippen LogP contribution >= 0.6 is 0 Å². The van der Waals surface area contributed by atoms with Crippen LogP contribution in [0.5, 0.6) is 0 Å². The van der Waals surface area contributed by atoms with Crippen LogP contribution in [0.1, 0.15) is 27.4 Å². The minimum Gasteiger partial charge on any atom is -0.477 e. The van der Waals surface area contributed by atoms with Crippen LogP contribution in [-0.2, 0) is 10.8 Å². The minimum atomic E-state index is -1.23. The standard InChI is InChI=1S/C9H13N3O4S/c1-17(16)4-2-3-10-8(13)6-7(9(14)15)12-5-11-6/h5H,2-4H2,1H3,(H,10,13)(H,11,12)(H,14,15). The highest BCUT2D eigenvalue weighted by molar-refractivity contribution is 7.84. The molecule has 1 amide bonds. The fourth-order valence-corrected chi connectivity index (χ4v) is 1.74. The number of carbonyl (C=O) groups is 2. The molecule has 3 N–H and O–H groups in total. The van der Waals surface area contributed by atoms with Crippen LogP contribution in [0.3, 0.4) is 0 Å². The summed E-state index contributed by atoms with van der Waals surface area (Å²) >= 11 is 0. The second-order valence-corrected chi connectivity index (χ2v) is 4.87. The molecule has 0 aromatic carbocycles. The van der Waals surface area contributed by atoms with E-state index in [1.165, 1.54) is 0 Å². The van der Waals surface area contributed by atoms with Gasteiger partial charge in [0.05, 0.1) is 6.33 Å². The van der Waals surface area contributed by atoms with E-state index in [1.807, 2.05) is 0 Å². The number of rotatable bonds is 6. The molecule has 1 unspecified atom stereocenters. The van der Waals surface area contributed by atoms with E-state index in [9.17, 15) is 13.8 Å². The highest BCUT2D eigenvalue weighted by atomic mass is 32.2. The van der Waals surface area contributed by atoms with Crippen molar-refractivity contribution in [1.29, 1.82) is 0 Å². The molecule has 7 nitrogen and oxygen atoms in total. The van der Waals surface area contributed by atoms with Gasteiger partial charge in [-0.15, -0.1) is 0 Å². The molecule has 1 rings (SSSR count). The third-order valence-electron chi connectivity index (χ3n) is 1.96. The zero-order valence-electron chi connectivity index (χ0n) is 9.23. The Kier molecular flexibility index (Phi) is 4.83. The Morgan fingerprint density at radius 1 is 1.59 bits per heavy atom. The minimum absolute atomic E-state index is 0.143. The second kappa shape index (κ2) is 6.14. The van der Waals surface area contributed by atoms with Gasteiger partial charge in [0, 0.05) is 29.4 Å². The lowest BCUT2D eigenvalue weighted by atomic mass is 10.3. The zero-order valence-corrected chi connectivity index (χ0v) is 10.0. The summed E-state index contributed by atoms with van der Waals surface area (Å²) in [6.07, 6.45) is 3.30. The molecule has 0 radical (unpaired) electrons. The molecule has 0 fully saturated rings. The van der Waals surface area contributed by atoms with Crippen LogP contribution in [0.4, 0.5) is 0 Å². The molecule has 1 atom stereocenters. The Balaban J connectivity index is 2.50. The molecule has 8 heteroatoms. The average Bonchev–Trinajstić information content (AvgIpc) is 2.72. The average molecular weight is 259 g/mol. The molecule has 1 aromatic heterocycles. The number of carbonyl (C=O) groups excluding carboxylic acids is 1. The number of H-pyrrole nitrogens is 1. The second-order valence-electron chi connectivity index (χ2n) is 3.32. The summed E-state index contributed by atoms with van der Waals surface area (Å²) in [6.45, 7) is 0.338. The molecular formula is C9H13N3O4S. The number of carboxylic acid groups (broad SMARTS) is 1. The number of aromatic amines is 1. The Labute approximate surface area is 100 Å². The van der Waals surface area contributed by atoms with Crippen molar-refractivity contribution >= 4 is 22.7 Å². The number of imidazole rings is 1. The number of amides is 1. The fraction of sp³-hybridized carbons (Fsp3) is 0.444. The number of aromatic nitrogens is 2. The lowest BCUT2D eigenvalue weighted by Crippen LogP contribution is -2.27. The lowest BCUT2D eigenvalue weighted by molar-refractivity contribution is 0.0685. The SMILES string of the molecule is CS(=O)CCCNC(=O)c1nc[nH]c1C(=O)O. The molecule has 0 aliphatic carbocycles. The molecule has 17 heavy (non-hydrogen) atoms. The number of aromatic carboxylic acids is 1. The van der Waals surface area contributed by atoms with Crippen LogP contribution in [0, 0.1) is 0 Å². The first-order chi connectivity index (χ1) is 8.02. The van der Waals surface area contributed by atoms with Crippen LogP contribution in [0.25, 0.3) is 0 Å². The van der Waals surface area contributed by atoms with Crippen LogP contribution in [-0.4, -0.2) is 49.7 Å². The van der Waals surface area contributed by atoms with Crippen molar-refractivity contribution in [1.82, 2.24) is 15.3 Å². The summed E-state index contributed by atoms with van der Waals surface area (Å²) in [7, 11) is -0.896. The van der Waals surface area contributed by atoms with Gasteiger partial charge < -0.3 is 15.4 Å². The predicted octanol–water partition coefficient (Wildman–Crippen LogP) is -0.394. The van der Waals surface area contributed by atoms with E-state index in [-0.39, 0.29) is 11.4 Å². The monoisotopic (exact) mass is 259 g/mol. The van der Waals surface area contributed by atoms with Gasteiger partial charge in [0.2, 0.25) is 0 Å². The fourth-order valence-electron chi connectivity index (χ4n) is 1.19. The third kappa shape index (κ3) is 3.99. The Bertz CT molecular complexity index is 443. The summed E-state index contributed by atoms with van der Waals surface area (Å²) in [6, 6.07) is 0. The van der Waals surface area contributed by atoms with Crippen molar-refractivity contribution in [3.8, 4) is 0 Å². The predicted molar refractivity (Wildman–Crippen MR) is 61.4 cm³/mol. The first kappa shape index (κ1) is 13.4. The molecule has 0 saturated heterocycles. The summed E-state index contributed by atoms with van der Waals surface area (Å²) in [5.41, 5.74) is -0.378. The van der Waals surface area contributed by atoms with Crippen molar-refractivity contribution in [3.63, 3.8) is 0 Å². The zero-order chi connectivity index (χ0) is 12.8. The van der Waals surface area contributed by atoms with E-state index in [0.29, 0.717) is 18.7 Å². The Morgan fingerprint density at radius 2 is 2.29 bits per heavy atom. The molecule has 1 aromatic rings. The van der Waals surface area contributed by atoms with Crippen LogP contribution in [0.2, 0.25) is 0 Å². The van der Waals surface area contributed by atoms with Crippen molar-refractivity contribution in [2.75, 3.05) is 18.6 Å². The number of nitrogens with zero attached hydrogens (tertiary/aromatic N) is 1. The summed E-state index contributed by atoms with van der Waals surface area (Å²) in [4.78, 5) is 28.3. The number of hydrogen-bond donors (Lipinski definition) is 3. The van der Waals surface area contributed by atoms with Gasteiger partial charge in [0.1, 0.15) is 0 Å². The largest absolute Gasteiger partial charge is 0.477 e. The Morgan fingerprint density at radius 3 is 2.88 bits per heavy atom. The highest BCUT2D eigenvalue weighted by Crippen LogP contribution is 2.02. The molecule has 0 bridgehead atoms. The van der Waals surface area contributed by atoms with Crippen molar-refractivity contribution < 1.29 is 18.9 Å². The quantitative estimate of drug-likeness (QED) is 0.602. The van der Waals surface area contributed by atoms with Crippen molar-refractivity contribution in [2.24, 2.45) is 0 Å². The third-order valence-corrected chi connectivity index (χ3v) is 2.83. The van der Waals surface area contributed by atoms with E-state index < -0.39 is 22.7 Å². The van der Waals surface area contributed by atoms with Crippen LogP contribution < -0.4 is 5.32 Å². The molecular weight excluding hydrogens is 246 g/mol. The molecule has 94 valence electrons. The van der Waals surface area contributed by atoms with Gasteiger partial charge in [0.25, 0.3) is 5.91 Å². The van der Waals surface area contributed by atoms with Gasteiger partial charge in [-0.1, -0.05) is 0 Å². The van der Waals surface area contributed by atoms with Crippen LogP contribution in [0.15, 0.2) is 6.33 Å². The van der Waals surface area contributed by atoms with Gasteiger partial charge in [0.15, 0.2) is 11.4 Å². The number of carboxylic acids is 1. The maximum atomic E-state index is 11.5. The van der Waals surface area contributed by atoms with Gasteiger partial charge in [-0.2, -0.15) is 0 Å². The van der Waals surface area contributed by atoms with Gasteiger partial charge in [-0.25, -0.2) is 9.78 Å². The molecule has 0 aliphatic rings. The topological polar surface area (TPSA) is 112 Å². The van der Waals surface area contributed by atoms with Gasteiger partial charge in [-0.3, -0.25) is 9.00 Å². The van der Waals surface area contributed by atoms with E-state index in [0.717, 1.165) is 6.33 Å². The van der Waals surface area contributed by atoms with Gasteiger partial charge >= 0.3 is 5.97 Å². The van der Waals surface area contributed by atoms with E-state index >= 15 is 0 Å². The normalized spacial score (nSPS) is 12.1. The maximum Gasteiger partial charge on any atom is 0.354 e. The lowest BCUT2D eigenvalue weighted by Gasteiger charge is -2.02. The molecule has 1 heterocycles. The van der Waals surface area contributed by atoms with Crippen molar-refractivity contribution in [2.45, 2.75) is 6.42 Å². The summed E-state index contributed by atoms with van der Waals surface area (Å²) < 4.78 is 10.8. The van der Waals surface area contributed by atoms with E-state index in [1.54, 1.807) is 6.26 Å². The smallest absolute Gasteiger partial charge is 0.354 e. The first-order valence-corrected chi connectivity index (χ1v) is 6.60.